The van der Waals surface area contributed by atoms with Crippen molar-refractivity contribution in [1.29, 1.82) is 0 Å². The second-order valence-corrected chi connectivity index (χ2v) is 6.75. The Labute approximate surface area is 127 Å². The quantitative estimate of drug-likeness (QED) is 0.893. The Morgan fingerprint density at radius 3 is 2.57 bits per heavy atom. The van der Waals surface area contributed by atoms with Gasteiger partial charge < -0.3 is 10.6 Å². The van der Waals surface area contributed by atoms with E-state index in [9.17, 15) is 4.79 Å². The van der Waals surface area contributed by atoms with Crippen LogP contribution < -0.4 is 10.6 Å². The van der Waals surface area contributed by atoms with E-state index < -0.39 is 0 Å². The van der Waals surface area contributed by atoms with Crippen LogP contribution in [0.3, 0.4) is 0 Å². The van der Waals surface area contributed by atoms with Crippen LogP contribution in [0, 0.1) is 5.41 Å². The number of hydrogen-bond donors (Lipinski definition) is 2. The second-order valence-electron chi connectivity index (χ2n) is 6.75. The molecule has 4 heteroatoms. The monoisotopic (exact) mass is 289 g/mol. The van der Waals surface area contributed by atoms with Crippen LogP contribution in [-0.4, -0.2) is 24.0 Å². The highest BCUT2D eigenvalue weighted by atomic mass is 16.1. The molecule has 0 atom stereocenters. The van der Waals surface area contributed by atoms with Crippen LogP contribution in [-0.2, 0) is 6.42 Å². The third-order valence-electron chi connectivity index (χ3n) is 4.43. The molecule has 0 spiro atoms. The first-order chi connectivity index (χ1) is 9.93. The van der Waals surface area contributed by atoms with Gasteiger partial charge in [-0.2, -0.15) is 0 Å². The molecule has 0 bridgehead atoms. The predicted molar refractivity (Wildman–Crippen MR) is 86.7 cm³/mol. The molecule has 2 N–H and O–H groups in total. The molecule has 1 amide bonds. The van der Waals surface area contributed by atoms with Gasteiger partial charge in [0.05, 0.1) is 0 Å². The normalized spacial score (nSPS) is 18.3. The Balaban J connectivity index is 2.03. The summed E-state index contributed by atoms with van der Waals surface area (Å²) in [5.41, 5.74) is 2.07. The first-order valence-electron chi connectivity index (χ1n) is 7.93. The van der Waals surface area contributed by atoms with Gasteiger partial charge in [0, 0.05) is 24.3 Å². The van der Waals surface area contributed by atoms with E-state index in [4.69, 9.17) is 0 Å². The van der Waals surface area contributed by atoms with Crippen molar-refractivity contribution in [3.05, 3.63) is 23.4 Å². The Morgan fingerprint density at radius 1 is 1.33 bits per heavy atom. The Kier molecular flexibility index (Phi) is 4.86. The van der Waals surface area contributed by atoms with Crippen molar-refractivity contribution in [3.8, 4) is 0 Å². The SMILES string of the molecule is CCc1cc(C(=O)NC2CCC(C)(C)CC2)cc(NC)n1. The van der Waals surface area contributed by atoms with Gasteiger partial charge in [0.15, 0.2) is 0 Å². The lowest BCUT2D eigenvalue weighted by Gasteiger charge is -2.34. The van der Waals surface area contributed by atoms with Gasteiger partial charge >= 0.3 is 0 Å². The van der Waals surface area contributed by atoms with Gasteiger partial charge in [0.1, 0.15) is 5.82 Å². The number of hydrogen-bond acceptors (Lipinski definition) is 3. The van der Waals surface area contributed by atoms with Gasteiger partial charge in [-0.05, 0) is 49.7 Å². The fraction of sp³-hybridized carbons (Fsp3) is 0.647. The van der Waals surface area contributed by atoms with E-state index in [1.54, 1.807) is 0 Å². The lowest BCUT2D eigenvalue weighted by molar-refractivity contribution is 0.0909. The van der Waals surface area contributed by atoms with Gasteiger partial charge in [-0.1, -0.05) is 20.8 Å². The molecule has 1 saturated carbocycles. The zero-order valence-electron chi connectivity index (χ0n) is 13.6. The van der Waals surface area contributed by atoms with Crippen molar-refractivity contribution in [1.82, 2.24) is 10.3 Å². The molecule has 1 aliphatic carbocycles. The molecule has 1 fully saturated rings. The number of nitrogens with zero attached hydrogens (tertiary/aromatic N) is 1. The van der Waals surface area contributed by atoms with Crippen LogP contribution >= 0.6 is 0 Å². The van der Waals surface area contributed by atoms with Crippen LogP contribution in [0.4, 0.5) is 5.82 Å². The number of nitrogens with one attached hydrogen (secondary N) is 2. The van der Waals surface area contributed by atoms with Crippen LogP contribution in [0.15, 0.2) is 12.1 Å². The van der Waals surface area contributed by atoms with E-state index in [1.165, 1.54) is 12.8 Å². The highest BCUT2D eigenvalue weighted by Gasteiger charge is 2.27. The minimum absolute atomic E-state index is 0.0216. The fourth-order valence-corrected chi connectivity index (χ4v) is 2.84. The number of carbonyl (C=O) groups excluding carboxylic acids is 1. The van der Waals surface area contributed by atoms with Crippen molar-refractivity contribution in [2.75, 3.05) is 12.4 Å². The standard InChI is InChI=1S/C17H27N3O/c1-5-13-10-12(11-15(18-4)19-13)16(21)20-14-6-8-17(2,3)9-7-14/h10-11,14H,5-9H2,1-4H3,(H,18,19)(H,20,21). The smallest absolute Gasteiger partial charge is 0.251 e. The summed E-state index contributed by atoms with van der Waals surface area (Å²) in [6.45, 7) is 6.66. The molecule has 0 aliphatic heterocycles. The molecule has 4 nitrogen and oxygen atoms in total. The van der Waals surface area contributed by atoms with Crippen molar-refractivity contribution in [2.45, 2.75) is 58.9 Å². The van der Waals surface area contributed by atoms with E-state index in [2.05, 4.69) is 29.5 Å². The molecular formula is C17H27N3O. The lowest BCUT2D eigenvalue weighted by atomic mass is 9.75. The lowest BCUT2D eigenvalue weighted by Crippen LogP contribution is -2.39. The molecule has 1 aromatic rings. The van der Waals surface area contributed by atoms with Crippen molar-refractivity contribution >= 4 is 11.7 Å². The van der Waals surface area contributed by atoms with Crippen LogP contribution in [0.1, 0.15) is 62.5 Å². The molecule has 1 aromatic heterocycles. The Morgan fingerprint density at radius 2 is 2.00 bits per heavy atom. The summed E-state index contributed by atoms with van der Waals surface area (Å²) in [4.78, 5) is 16.9. The van der Waals surface area contributed by atoms with Gasteiger partial charge in [-0.15, -0.1) is 0 Å². The second kappa shape index (κ2) is 6.46. The zero-order chi connectivity index (χ0) is 15.5. The third kappa shape index (κ3) is 4.19. The van der Waals surface area contributed by atoms with Crippen LogP contribution in [0.5, 0.6) is 0 Å². The van der Waals surface area contributed by atoms with Crippen molar-refractivity contribution in [2.24, 2.45) is 5.41 Å². The molecule has 1 aliphatic rings. The summed E-state index contributed by atoms with van der Waals surface area (Å²) in [5, 5.41) is 6.20. The van der Waals surface area contributed by atoms with E-state index in [0.717, 1.165) is 30.8 Å². The summed E-state index contributed by atoms with van der Waals surface area (Å²) in [5.74, 6) is 0.776. The van der Waals surface area contributed by atoms with Gasteiger partial charge in [0.25, 0.3) is 5.91 Å². The number of carbonyl (C=O) groups is 1. The molecule has 0 radical (unpaired) electrons. The van der Waals surface area contributed by atoms with Crippen molar-refractivity contribution in [3.63, 3.8) is 0 Å². The molecule has 21 heavy (non-hydrogen) atoms. The summed E-state index contributed by atoms with van der Waals surface area (Å²) < 4.78 is 0. The van der Waals surface area contributed by atoms with Crippen LogP contribution in [0.2, 0.25) is 0 Å². The highest BCUT2D eigenvalue weighted by molar-refractivity contribution is 5.95. The van der Waals surface area contributed by atoms with E-state index in [1.807, 2.05) is 26.1 Å². The summed E-state index contributed by atoms with van der Waals surface area (Å²) >= 11 is 0. The molecule has 2 rings (SSSR count). The summed E-state index contributed by atoms with van der Waals surface area (Å²) in [7, 11) is 1.83. The van der Waals surface area contributed by atoms with E-state index in [0.29, 0.717) is 17.0 Å². The first kappa shape index (κ1) is 15.8. The average Bonchev–Trinajstić information content (AvgIpc) is 2.48. The van der Waals surface area contributed by atoms with Gasteiger partial charge in [-0.25, -0.2) is 4.98 Å². The van der Waals surface area contributed by atoms with Crippen LogP contribution in [0.25, 0.3) is 0 Å². The maximum atomic E-state index is 12.4. The Hall–Kier alpha value is -1.58. The molecule has 0 saturated heterocycles. The molecule has 0 aromatic carbocycles. The zero-order valence-corrected chi connectivity index (χ0v) is 13.6. The minimum Gasteiger partial charge on any atom is -0.373 e. The molecule has 0 unspecified atom stereocenters. The van der Waals surface area contributed by atoms with Gasteiger partial charge in [-0.3, -0.25) is 4.79 Å². The number of aryl methyl sites for hydroxylation is 1. The fourth-order valence-electron chi connectivity index (χ4n) is 2.84. The number of amides is 1. The topological polar surface area (TPSA) is 54.0 Å². The van der Waals surface area contributed by atoms with Gasteiger partial charge in [0.2, 0.25) is 0 Å². The maximum absolute atomic E-state index is 12.4. The largest absolute Gasteiger partial charge is 0.373 e. The predicted octanol–water partition coefficient (Wildman–Crippen LogP) is 3.38. The first-order valence-corrected chi connectivity index (χ1v) is 7.93. The minimum atomic E-state index is 0.0216. The summed E-state index contributed by atoms with van der Waals surface area (Å²) in [6.07, 6.45) is 5.33. The number of anilines is 1. The number of rotatable bonds is 4. The van der Waals surface area contributed by atoms with E-state index in [-0.39, 0.29) is 5.91 Å². The summed E-state index contributed by atoms with van der Waals surface area (Å²) in [6, 6.07) is 4.02. The average molecular weight is 289 g/mol. The maximum Gasteiger partial charge on any atom is 0.251 e. The number of pyridine rings is 1. The highest BCUT2D eigenvalue weighted by Crippen LogP contribution is 2.35. The van der Waals surface area contributed by atoms with E-state index >= 15 is 0 Å². The van der Waals surface area contributed by atoms with Crippen molar-refractivity contribution < 1.29 is 4.79 Å². The third-order valence-corrected chi connectivity index (χ3v) is 4.43. The molecule has 116 valence electrons. The Bertz CT molecular complexity index is 479. The molecular weight excluding hydrogens is 262 g/mol. The number of aromatic nitrogens is 1. The molecule has 1 heterocycles.